The molecule has 0 spiro atoms. The first kappa shape index (κ1) is 12.1. The summed E-state index contributed by atoms with van der Waals surface area (Å²) in [4.78, 5) is 5.60. The summed E-state index contributed by atoms with van der Waals surface area (Å²) in [5.41, 5.74) is 0. The fourth-order valence-electron chi connectivity index (χ4n) is 2.78. The number of aryl methyl sites for hydroxylation is 1. The van der Waals surface area contributed by atoms with E-state index in [2.05, 4.69) is 43.2 Å². The van der Waals surface area contributed by atoms with Crippen LogP contribution in [0.2, 0.25) is 0 Å². The van der Waals surface area contributed by atoms with Crippen molar-refractivity contribution in [2.24, 2.45) is 5.92 Å². The molecule has 0 bridgehead atoms. The van der Waals surface area contributed by atoms with Gasteiger partial charge in [0.2, 0.25) is 0 Å². The molecule has 16 heavy (non-hydrogen) atoms. The topological polar surface area (TPSA) is 15.3 Å². The van der Waals surface area contributed by atoms with Gasteiger partial charge in [0.15, 0.2) is 0 Å². The Balaban J connectivity index is 2.18. The molecule has 1 saturated heterocycles. The summed E-state index contributed by atoms with van der Waals surface area (Å²) in [7, 11) is 2.06. The second kappa shape index (κ2) is 5.30. The molecule has 2 atom stereocenters. The standard InChI is InChI=1S/C13H22N2S/c1-4-15-8-7-11(9-14-3)13(15)12-6-5-10(2)16-12/h5-6,11,13-14H,4,7-9H2,1-3H3. The molecular formula is C13H22N2S. The third-order valence-corrected chi connectivity index (χ3v) is 4.62. The van der Waals surface area contributed by atoms with E-state index in [0.29, 0.717) is 6.04 Å². The molecule has 1 aliphatic rings. The van der Waals surface area contributed by atoms with Crippen LogP contribution >= 0.6 is 11.3 Å². The van der Waals surface area contributed by atoms with Gasteiger partial charge < -0.3 is 5.32 Å². The van der Waals surface area contributed by atoms with Gasteiger partial charge in [-0.3, -0.25) is 4.90 Å². The minimum absolute atomic E-state index is 0.649. The zero-order chi connectivity index (χ0) is 11.5. The van der Waals surface area contributed by atoms with Crippen molar-refractivity contribution in [2.75, 3.05) is 26.7 Å². The lowest BCUT2D eigenvalue weighted by Crippen LogP contribution is -2.28. The molecule has 2 heterocycles. The summed E-state index contributed by atoms with van der Waals surface area (Å²) in [5, 5.41) is 3.34. The van der Waals surface area contributed by atoms with E-state index >= 15 is 0 Å². The van der Waals surface area contributed by atoms with Crippen LogP contribution in [0, 0.1) is 12.8 Å². The quantitative estimate of drug-likeness (QED) is 0.867. The number of hydrogen-bond acceptors (Lipinski definition) is 3. The summed E-state index contributed by atoms with van der Waals surface area (Å²) in [5.74, 6) is 0.781. The van der Waals surface area contributed by atoms with E-state index in [0.717, 1.165) is 12.5 Å². The fourth-order valence-corrected chi connectivity index (χ4v) is 3.89. The van der Waals surface area contributed by atoms with Crippen LogP contribution < -0.4 is 5.32 Å². The van der Waals surface area contributed by atoms with Gasteiger partial charge in [0.1, 0.15) is 0 Å². The Bertz CT molecular complexity index is 334. The molecule has 2 unspecified atom stereocenters. The van der Waals surface area contributed by atoms with Gasteiger partial charge in [-0.25, -0.2) is 0 Å². The predicted molar refractivity (Wildman–Crippen MR) is 71.1 cm³/mol. The average Bonchev–Trinajstić information content (AvgIpc) is 2.85. The summed E-state index contributed by atoms with van der Waals surface area (Å²) < 4.78 is 0. The maximum absolute atomic E-state index is 3.34. The fraction of sp³-hybridized carbons (Fsp3) is 0.692. The lowest BCUT2D eigenvalue weighted by atomic mass is 9.99. The van der Waals surface area contributed by atoms with Crippen LogP contribution in [0.5, 0.6) is 0 Å². The number of nitrogens with zero attached hydrogens (tertiary/aromatic N) is 1. The van der Waals surface area contributed by atoms with Crippen molar-refractivity contribution in [3.05, 3.63) is 21.9 Å². The van der Waals surface area contributed by atoms with Gasteiger partial charge in [-0.15, -0.1) is 11.3 Å². The van der Waals surface area contributed by atoms with Crippen LogP contribution in [0.15, 0.2) is 12.1 Å². The molecule has 2 rings (SSSR count). The zero-order valence-electron chi connectivity index (χ0n) is 10.5. The van der Waals surface area contributed by atoms with Crippen LogP contribution in [0.25, 0.3) is 0 Å². The summed E-state index contributed by atoms with van der Waals surface area (Å²) >= 11 is 1.96. The first-order valence-corrected chi connectivity index (χ1v) is 7.03. The Kier molecular flexibility index (Phi) is 4.00. The molecule has 0 aliphatic carbocycles. The normalized spacial score (nSPS) is 26.4. The summed E-state index contributed by atoms with van der Waals surface area (Å²) in [6.45, 7) is 8.03. The number of hydrogen-bond donors (Lipinski definition) is 1. The third-order valence-electron chi connectivity index (χ3n) is 3.55. The van der Waals surface area contributed by atoms with Crippen molar-refractivity contribution >= 4 is 11.3 Å². The molecule has 1 N–H and O–H groups in total. The summed E-state index contributed by atoms with van der Waals surface area (Å²) in [6.07, 6.45) is 1.33. The minimum atomic E-state index is 0.649. The Hall–Kier alpha value is -0.380. The number of rotatable bonds is 4. The van der Waals surface area contributed by atoms with E-state index < -0.39 is 0 Å². The molecule has 1 fully saturated rings. The molecule has 1 aromatic heterocycles. The Morgan fingerprint density at radius 3 is 2.88 bits per heavy atom. The molecular weight excluding hydrogens is 216 g/mol. The maximum Gasteiger partial charge on any atom is 0.0482 e. The second-order valence-electron chi connectivity index (χ2n) is 4.63. The van der Waals surface area contributed by atoms with Crippen molar-refractivity contribution in [1.82, 2.24) is 10.2 Å². The predicted octanol–water partition coefficient (Wildman–Crippen LogP) is 2.66. The van der Waals surface area contributed by atoms with Crippen molar-refractivity contribution in [3.63, 3.8) is 0 Å². The molecule has 1 aliphatic heterocycles. The maximum atomic E-state index is 3.34. The van der Waals surface area contributed by atoms with Gasteiger partial charge in [-0.1, -0.05) is 6.92 Å². The van der Waals surface area contributed by atoms with E-state index in [1.54, 1.807) is 4.88 Å². The summed E-state index contributed by atoms with van der Waals surface area (Å²) in [6, 6.07) is 5.22. The SMILES string of the molecule is CCN1CCC(CNC)C1c1ccc(C)s1. The van der Waals surface area contributed by atoms with Crippen LogP contribution in [0.4, 0.5) is 0 Å². The van der Waals surface area contributed by atoms with Gasteiger partial charge in [-0.05, 0) is 58.1 Å². The van der Waals surface area contributed by atoms with Gasteiger partial charge >= 0.3 is 0 Å². The van der Waals surface area contributed by atoms with Crippen molar-refractivity contribution < 1.29 is 0 Å². The van der Waals surface area contributed by atoms with Crippen molar-refractivity contribution in [2.45, 2.75) is 26.3 Å². The molecule has 90 valence electrons. The molecule has 1 aromatic rings. The second-order valence-corrected chi connectivity index (χ2v) is 5.95. The van der Waals surface area contributed by atoms with Crippen LogP contribution in [-0.2, 0) is 0 Å². The number of thiophene rings is 1. The van der Waals surface area contributed by atoms with Gasteiger partial charge in [-0.2, -0.15) is 0 Å². The average molecular weight is 238 g/mol. The van der Waals surface area contributed by atoms with Crippen LogP contribution in [0.3, 0.4) is 0 Å². The minimum Gasteiger partial charge on any atom is -0.319 e. The van der Waals surface area contributed by atoms with E-state index in [-0.39, 0.29) is 0 Å². The highest BCUT2D eigenvalue weighted by Gasteiger charge is 2.34. The lowest BCUT2D eigenvalue weighted by molar-refractivity contribution is 0.242. The molecule has 0 aromatic carbocycles. The van der Waals surface area contributed by atoms with Crippen LogP contribution in [-0.4, -0.2) is 31.6 Å². The molecule has 0 amide bonds. The van der Waals surface area contributed by atoms with Gasteiger partial charge in [0, 0.05) is 15.8 Å². The Morgan fingerprint density at radius 2 is 2.31 bits per heavy atom. The van der Waals surface area contributed by atoms with E-state index in [1.807, 2.05) is 11.3 Å². The molecule has 0 radical (unpaired) electrons. The van der Waals surface area contributed by atoms with Crippen molar-refractivity contribution in [3.8, 4) is 0 Å². The molecule has 2 nitrogen and oxygen atoms in total. The lowest BCUT2D eigenvalue weighted by Gasteiger charge is -2.26. The number of likely N-dealkylation sites (tertiary alicyclic amines) is 1. The van der Waals surface area contributed by atoms with E-state index in [4.69, 9.17) is 0 Å². The monoisotopic (exact) mass is 238 g/mol. The molecule has 0 saturated carbocycles. The zero-order valence-corrected chi connectivity index (χ0v) is 11.3. The van der Waals surface area contributed by atoms with E-state index in [1.165, 1.54) is 24.4 Å². The third kappa shape index (κ3) is 2.31. The van der Waals surface area contributed by atoms with Crippen molar-refractivity contribution in [1.29, 1.82) is 0 Å². The smallest absolute Gasteiger partial charge is 0.0482 e. The van der Waals surface area contributed by atoms with Crippen LogP contribution in [0.1, 0.15) is 29.1 Å². The van der Waals surface area contributed by atoms with Gasteiger partial charge in [0.25, 0.3) is 0 Å². The first-order valence-electron chi connectivity index (χ1n) is 6.21. The van der Waals surface area contributed by atoms with E-state index in [9.17, 15) is 0 Å². The number of nitrogens with one attached hydrogen (secondary N) is 1. The molecule has 3 heteroatoms. The Labute approximate surface area is 103 Å². The highest BCUT2D eigenvalue weighted by Crippen LogP contribution is 2.39. The highest BCUT2D eigenvalue weighted by atomic mass is 32.1. The highest BCUT2D eigenvalue weighted by molar-refractivity contribution is 7.12. The first-order chi connectivity index (χ1) is 7.76. The largest absolute Gasteiger partial charge is 0.319 e. The Morgan fingerprint density at radius 1 is 1.50 bits per heavy atom. The van der Waals surface area contributed by atoms with Gasteiger partial charge in [0.05, 0.1) is 0 Å².